The van der Waals surface area contributed by atoms with Crippen LogP contribution < -0.4 is 5.32 Å². The molecule has 1 aromatic heterocycles. The molecule has 0 atom stereocenters. The summed E-state index contributed by atoms with van der Waals surface area (Å²) in [4.78, 5) is 16.3. The van der Waals surface area contributed by atoms with Gasteiger partial charge in [0.1, 0.15) is 11.6 Å². The number of hydrogen-bond donors (Lipinski definition) is 2. The van der Waals surface area contributed by atoms with Crippen molar-refractivity contribution < 1.29 is 13.6 Å². The molecule has 19 heavy (non-hydrogen) atoms. The smallest absolute Gasteiger partial charge is 0.254 e. The van der Waals surface area contributed by atoms with Crippen molar-refractivity contribution in [1.29, 1.82) is 0 Å². The number of carbonyl (C=O) groups excluding carboxylic acids is 1. The number of rotatable bonds is 4. The molecular formula is C13H13FN2O2S. The Balaban J connectivity index is 2.03. The second kappa shape index (κ2) is 5.88. The normalized spacial score (nSPS) is 10.5. The second-order valence-electron chi connectivity index (χ2n) is 3.92. The summed E-state index contributed by atoms with van der Waals surface area (Å²) in [5, 5.41) is 2.55. The molecule has 0 aliphatic heterocycles. The number of carbonyl (C=O) groups is 1. The molecule has 100 valence electrons. The zero-order chi connectivity index (χ0) is 13.8. The van der Waals surface area contributed by atoms with Crippen LogP contribution in [0.5, 0.6) is 0 Å². The quantitative estimate of drug-likeness (QED) is 0.846. The van der Waals surface area contributed by atoms with E-state index in [0.29, 0.717) is 10.8 Å². The molecule has 0 aliphatic rings. The minimum atomic E-state index is -0.586. The molecule has 4 nitrogen and oxygen atoms in total. The highest BCUT2D eigenvalue weighted by Gasteiger charge is 2.12. The fourth-order valence-electron chi connectivity index (χ4n) is 1.53. The number of halogens is 1. The molecular weight excluding hydrogens is 267 g/mol. The minimum Gasteiger partial charge on any atom is -0.444 e. The van der Waals surface area contributed by atoms with Gasteiger partial charge in [-0.05, 0) is 18.2 Å². The maximum Gasteiger partial charge on any atom is 0.254 e. The van der Waals surface area contributed by atoms with Gasteiger partial charge in [0.15, 0.2) is 0 Å². The van der Waals surface area contributed by atoms with Crippen LogP contribution in [0.2, 0.25) is 0 Å². The monoisotopic (exact) mass is 280 g/mol. The largest absolute Gasteiger partial charge is 0.444 e. The summed E-state index contributed by atoms with van der Waals surface area (Å²) in [7, 11) is 0. The van der Waals surface area contributed by atoms with Gasteiger partial charge >= 0.3 is 0 Å². The molecule has 1 amide bonds. The lowest BCUT2D eigenvalue weighted by Crippen LogP contribution is -2.24. The fraction of sp³-hybridized carbons (Fsp3) is 0.231. The summed E-state index contributed by atoms with van der Waals surface area (Å²) >= 11 is 4.07. The second-order valence-corrected chi connectivity index (χ2v) is 4.44. The van der Waals surface area contributed by atoms with Crippen molar-refractivity contribution in [3.63, 3.8) is 0 Å². The third-order valence-electron chi connectivity index (χ3n) is 2.54. The number of benzene rings is 1. The number of hydrogen-bond acceptors (Lipinski definition) is 4. The number of thiol groups is 1. The van der Waals surface area contributed by atoms with Crippen molar-refractivity contribution in [3.05, 3.63) is 47.4 Å². The van der Waals surface area contributed by atoms with Gasteiger partial charge in [0, 0.05) is 11.3 Å². The van der Waals surface area contributed by atoms with Crippen LogP contribution in [0.4, 0.5) is 4.39 Å². The van der Waals surface area contributed by atoms with Gasteiger partial charge in [0.25, 0.3) is 5.91 Å². The van der Waals surface area contributed by atoms with Crippen LogP contribution in [0.3, 0.4) is 0 Å². The van der Waals surface area contributed by atoms with Crippen LogP contribution in [0.25, 0.3) is 0 Å². The molecule has 6 heteroatoms. The first-order chi connectivity index (χ1) is 9.10. The first-order valence-corrected chi connectivity index (χ1v) is 6.25. The highest BCUT2D eigenvalue weighted by Crippen LogP contribution is 2.13. The highest BCUT2D eigenvalue weighted by atomic mass is 32.1. The van der Waals surface area contributed by atoms with E-state index in [1.807, 2.05) is 6.92 Å². The maximum absolute atomic E-state index is 13.5. The van der Waals surface area contributed by atoms with Gasteiger partial charge in [-0.2, -0.15) is 0 Å². The van der Waals surface area contributed by atoms with Gasteiger partial charge in [-0.25, -0.2) is 9.37 Å². The van der Waals surface area contributed by atoms with Crippen LogP contribution in [-0.4, -0.2) is 10.9 Å². The predicted molar refractivity (Wildman–Crippen MR) is 70.7 cm³/mol. The van der Waals surface area contributed by atoms with Gasteiger partial charge in [-0.15, -0.1) is 12.6 Å². The molecule has 0 bridgehead atoms. The summed E-state index contributed by atoms with van der Waals surface area (Å²) in [6, 6.07) is 4.06. The summed E-state index contributed by atoms with van der Waals surface area (Å²) in [6.07, 6.45) is 2.34. The van der Waals surface area contributed by atoms with Gasteiger partial charge < -0.3 is 9.73 Å². The average Bonchev–Trinajstić information content (AvgIpc) is 2.87. The molecule has 1 aromatic carbocycles. The van der Waals surface area contributed by atoms with Crippen molar-refractivity contribution in [2.45, 2.75) is 24.8 Å². The maximum atomic E-state index is 13.5. The number of nitrogens with zero attached hydrogens (tertiary/aromatic N) is 1. The van der Waals surface area contributed by atoms with E-state index in [2.05, 4.69) is 22.9 Å². The van der Waals surface area contributed by atoms with Crippen molar-refractivity contribution in [3.8, 4) is 0 Å². The average molecular weight is 280 g/mol. The molecule has 0 saturated heterocycles. The molecule has 1 heterocycles. The summed E-state index contributed by atoms with van der Waals surface area (Å²) in [5.41, 5.74) is -0.0465. The number of aryl methyl sites for hydroxylation is 1. The first-order valence-electron chi connectivity index (χ1n) is 5.80. The molecule has 1 N–H and O–H groups in total. The van der Waals surface area contributed by atoms with Crippen molar-refractivity contribution in [2.24, 2.45) is 0 Å². The molecule has 0 saturated carbocycles. The van der Waals surface area contributed by atoms with Gasteiger partial charge in [0.2, 0.25) is 5.89 Å². The Morgan fingerprint density at radius 2 is 2.32 bits per heavy atom. The molecule has 0 radical (unpaired) electrons. The highest BCUT2D eigenvalue weighted by molar-refractivity contribution is 7.80. The number of amides is 1. The van der Waals surface area contributed by atoms with E-state index in [1.54, 1.807) is 6.20 Å². The number of oxazole rings is 1. The van der Waals surface area contributed by atoms with E-state index >= 15 is 0 Å². The predicted octanol–water partition coefficient (Wildman–Crippen LogP) is 2.59. The molecule has 2 rings (SSSR count). The molecule has 2 aromatic rings. The third kappa shape index (κ3) is 3.35. The third-order valence-corrected chi connectivity index (χ3v) is 2.82. The minimum absolute atomic E-state index is 0.0465. The van der Waals surface area contributed by atoms with E-state index in [0.717, 1.165) is 12.2 Å². The molecule has 0 fully saturated rings. The molecule has 0 spiro atoms. The zero-order valence-corrected chi connectivity index (χ0v) is 11.2. The standard InChI is InChI=1S/C13H13FN2O2S/c1-2-8-6-15-12(18-8)7-16-13(17)10-5-9(19)3-4-11(10)14/h3-6,19H,2,7H2,1H3,(H,16,17). The summed E-state index contributed by atoms with van der Waals surface area (Å²) in [5.74, 6) is 0.0296. The van der Waals surface area contributed by atoms with E-state index < -0.39 is 11.7 Å². The molecule has 0 aliphatic carbocycles. The zero-order valence-electron chi connectivity index (χ0n) is 10.3. The van der Waals surface area contributed by atoms with Crippen molar-refractivity contribution >= 4 is 18.5 Å². The number of aromatic nitrogens is 1. The Kier molecular flexibility index (Phi) is 4.21. The van der Waals surface area contributed by atoms with E-state index in [1.165, 1.54) is 18.2 Å². The topological polar surface area (TPSA) is 55.1 Å². The van der Waals surface area contributed by atoms with Crippen LogP contribution in [0.15, 0.2) is 33.7 Å². The van der Waals surface area contributed by atoms with Crippen molar-refractivity contribution in [2.75, 3.05) is 0 Å². The van der Waals surface area contributed by atoms with E-state index in [9.17, 15) is 9.18 Å². The summed E-state index contributed by atoms with van der Waals surface area (Å²) in [6.45, 7) is 2.06. The Morgan fingerprint density at radius 3 is 3.00 bits per heavy atom. The van der Waals surface area contributed by atoms with Gasteiger partial charge in [-0.1, -0.05) is 6.92 Å². The van der Waals surface area contributed by atoms with Crippen LogP contribution >= 0.6 is 12.6 Å². The lowest BCUT2D eigenvalue weighted by atomic mass is 10.2. The van der Waals surface area contributed by atoms with E-state index in [4.69, 9.17) is 4.42 Å². The first kappa shape index (κ1) is 13.6. The van der Waals surface area contributed by atoms with E-state index in [-0.39, 0.29) is 12.1 Å². The van der Waals surface area contributed by atoms with Crippen LogP contribution in [0, 0.1) is 5.82 Å². The number of nitrogens with one attached hydrogen (secondary N) is 1. The summed E-state index contributed by atoms with van der Waals surface area (Å²) < 4.78 is 18.8. The lowest BCUT2D eigenvalue weighted by molar-refractivity contribution is 0.0942. The van der Waals surface area contributed by atoms with Gasteiger partial charge in [-0.3, -0.25) is 4.79 Å². The Bertz CT molecular complexity index is 598. The Hall–Kier alpha value is -1.82. The lowest BCUT2D eigenvalue weighted by Gasteiger charge is -2.04. The van der Waals surface area contributed by atoms with Gasteiger partial charge in [0.05, 0.1) is 18.3 Å². The van der Waals surface area contributed by atoms with Crippen LogP contribution in [0.1, 0.15) is 28.9 Å². The van der Waals surface area contributed by atoms with Crippen molar-refractivity contribution in [1.82, 2.24) is 10.3 Å². The SMILES string of the molecule is CCc1cnc(CNC(=O)c2cc(S)ccc2F)o1. The van der Waals surface area contributed by atoms with Crippen LogP contribution in [-0.2, 0) is 13.0 Å². The molecule has 0 unspecified atom stereocenters. The fourth-order valence-corrected chi connectivity index (χ4v) is 1.74. The Labute approximate surface area is 115 Å². The Morgan fingerprint density at radius 1 is 1.53 bits per heavy atom.